The second-order valence-corrected chi connectivity index (χ2v) is 10.3. The van der Waals surface area contributed by atoms with Gasteiger partial charge in [0.2, 0.25) is 0 Å². The van der Waals surface area contributed by atoms with Gasteiger partial charge in [-0.25, -0.2) is 9.37 Å². The normalized spacial score (nSPS) is 26.0. The Morgan fingerprint density at radius 3 is 2.91 bits per heavy atom. The first-order chi connectivity index (χ1) is 16.1. The molecule has 1 aromatic carbocycles. The molecule has 1 saturated carbocycles. The molecule has 4 atom stereocenters. The molecule has 9 heteroatoms. The molecular weight excluding hydrogens is 455 g/mol. The van der Waals surface area contributed by atoms with Crippen LogP contribution < -0.4 is 15.8 Å². The van der Waals surface area contributed by atoms with Gasteiger partial charge in [0.1, 0.15) is 17.3 Å². The molecule has 3 N–H and O–H groups in total. The molecule has 2 aromatic rings. The highest BCUT2D eigenvalue weighted by molar-refractivity contribution is 8.15. The number of aromatic nitrogens is 1. The summed E-state index contributed by atoms with van der Waals surface area (Å²) in [4.78, 5) is 21.8. The number of carbonyl (C=O) groups excluding carboxylic acids is 1. The number of amidine groups is 1. The first kappa shape index (κ1) is 24.0. The van der Waals surface area contributed by atoms with Gasteiger partial charge < -0.3 is 20.5 Å². The molecule has 0 bridgehead atoms. The number of benzene rings is 1. The SMILES string of the molecule is C#C[C@H](C)Oc1cnc(C(=O)Nc2ccc(F)c([C@@]3(C)N=C(N)S[C@@]4(COC)C[C@H]43)c2)c(C)c1. The first-order valence-electron chi connectivity index (χ1n) is 10.9. The van der Waals surface area contributed by atoms with Gasteiger partial charge >= 0.3 is 0 Å². The lowest BCUT2D eigenvalue weighted by molar-refractivity contribution is 0.102. The van der Waals surface area contributed by atoms with Gasteiger partial charge in [-0.15, -0.1) is 6.42 Å². The number of fused-ring (bicyclic) bond motifs is 1. The molecule has 178 valence electrons. The number of ether oxygens (including phenoxy) is 2. The van der Waals surface area contributed by atoms with Crippen LogP contribution in [-0.4, -0.2) is 40.6 Å². The summed E-state index contributed by atoms with van der Waals surface area (Å²) in [6.45, 7) is 5.89. The van der Waals surface area contributed by atoms with Crippen LogP contribution in [0, 0.1) is 31.0 Å². The molecule has 0 radical (unpaired) electrons. The molecular formula is C25H27FN4O3S. The molecule has 1 aromatic heterocycles. The van der Waals surface area contributed by atoms with Gasteiger partial charge in [0, 0.05) is 24.3 Å². The van der Waals surface area contributed by atoms with Crippen LogP contribution in [0.25, 0.3) is 0 Å². The number of carbonyl (C=O) groups is 1. The number of aliphatic imine (C=N–C) groups is 1. The summed E-state index contributed by atoms with van der Waals surface area (Å²) in [6, 6.07) is 6.17. The van der Waals surface area contributed by atoms with Gasteiger partial charge in [-0.2, -0.15) is 0 Å². The Kier molecular flexibility index (Phi) is 6.32. The Balaban J connectivity index is 1.58. The molecule has 7 nitrogen and oxygen atoms in total. The summed E-state index contributed by atoms with van der Waals surface area (Å²) in [5.74, 6) is 2.20. The number of nitrogens with two attached hydrogens (primary N) is 1. The van der Waals surface area contributed by atoms with Crippen molar-refractivity contribution in [2.75, 3.05) is 19.0 Å². The van der Waals surface area contributed by atoms with Crippen molar-refractivity contribution >= 4 is 28.5 Å². The van der Waals surface area contributed by atoms with E-state index in [4.69, 9.17) is 21.6 Å². The van der Waals surface area contributed by atoms with E-state index in [1.54, 1.807) is 33.1 Å². The Labute approximate surface area is 202 Å². The minimum Gasteiger partial charge on any atom is -0.476 e. The van der Waals surface area contributed by atoms with E-state index >= 15 is 4.39 Å². The molecule has 1 aliphatic carbocycles. The lowest BCUT2D eigenvalue weighted by Crippen LogP contribution is -2.37. The number of nitrogens with zero attached hydrogens (tertiary/aromatic N) is 2. The lowest BCUT2D eigenvalue weighted by Gasteiger charge is -2.34. The van der Waals surface area contributed by atoms with Crippen LogP contribution in [0.3, 0.4) is 0 Å². The van der Waals surface area contributed by atoms with Crippen LogP contribution in [-0.2, 0) is 10.3 Å². The van der Waals surface area contributed by atoms with E-state index < -0.39 is 23.4 Å². The standard InChI is InChI=1S/C25H27FN4O3S/c1-6-15(3)33-17-9-14(2)21(28-12-17)22(31)29-16-7-8-19(26)18(10-16)24(4)20-11-25(20,13-32-5)34-23(27)30-24/h1,7-10,12,15,20H,11,13H2,2-5H3,(H2,27,30)(H,29,31)/t15-,20-,24+,25+/m0/s1. The molecule has 2 heterocycles. The van der Waals surface area contributed by atoms with Crippen LogP contribution in [0.2, 0.25) is 0 Å². The van der Waals surface area contributed by atoms with E-state index in [2.05, 4.69) is 21.2 Å². The van der Waals surface area contributed by atoms with Crippen LogP contribution in [0.5, 0.6) is 5.75 Å². The topological polar surface area (TPSA) is 98.8 Å². The third-order valence-electron chi connectivity index (χ3n) is 6.33. The second kappa shape index (κ2) is 8.93. The fourth-order valence-corrected chi connectivity index (χ4v) is 6.05. The Hall–Kier alpha value is -3.09. The van der Waals surface area contributed by atoms with Gasteiger partial charge in [0.05, 0.1) is 23.1 Å². The van der Waals surface area contributed by atoms with Crippen LogP contribution >= 0.6 is 11.8 Å². The van der Waals surface area contributed by atoms with Crippen LogP contribution in [0.1, 0.15) is 41.9 Å². The molecule has 34 heavy (non-hydrogen) atoms. The molecule has 0 spiro atoms. The first-order valence-corrected chi connectivity index (χ1v) is 11.7. The number of rotatable bonds is 7. The number of hydrogen-bond acceptors (Lipinski definition) is 7. The van der Waals surface area contributed by atoms with Gasteiger partial charge in [0.15, 0.2) is 11.3 Å². The summed E-state index contributed by atoms with van der Waals surface area (Å²) in [5, 5.41) is 3.22. The van der Waals surface area contributed by atoms with E-state index in [0.717, 1.165) is 6.42 Å². The molecule has 1 amide bonds. The number of nitrogens with one attached hydrogen (secondary N) is 1. The molecule has 1 aliphatic heterocycles. The van der Waals surface area contributed by atoms with E-state index in [1.165, 1.54) is 30.1 Å². The zero-order chi connectivity index (χ0) is 24.7. The highest BCUT2D eigenvalue weighted by atomic mass is 32.2. The number of halogens is 1. The van der Waals surface area contributed by atoms with Crippen molar-refractivity contribution in [2.45, 2.75) is 43.6 Å². The van der Waals surface area contributed by atoms with E-state index in [1.807, 2.05) is 6.92 Å². The number of pyridine rings is 1. The third kappa shape index (κ3) is 4.36. The van der Waals surface area contributed by atoms with E-state index in [-0.39, 0.29) is 16.4 Å². The predicted molar refractivity (Wildman–Crippen MR) is 132 cm³/mol. The fraction of sp³-hybridized carbons (Fsp3) is 0.400. The highest BCUT2D eigenvalue weighted by Crippen LogP contribution is 2.66. The van der Waals surface area contributed by atoms with Crippen LogP contribution in [0.4, 0.5) is 10.1 Å². The van der Waals surface area contributed by atoms with Crippen molar-refractivity contribution in [3.05, 3.63) is 53.1 Å². The molecule has 2 aliphatic rings. The smallest absolute Gasteiger partial charge is 0.274 e. The second-order valence-electron chi connectivity index (χ2n) is 8.87. The van der Waals surface area contributed by atoms with Gasteiger partial charge in [-0.3, -0.25) is 9.79 Å². The summed E-state index contributed by atoms with van der Waals surface area (Å²) in [6.07, 6.45) is 7.20. The summed E-state index contributed by atoms with van der Waals surface area (Å²) in [7, 11) is 1.64. The van der Waals surface area contributed by atoms with E-state index in [9.17, 15) is 4.79 Å². The molecule has 0 saturated heterocycles. The van der Waals surface area contributed by atoms with Crippen molar-refractivity contribution in [3.63, 3.8) is 0 Å². The Bertz CT molecular complexity index is 1210. The zero-order valence-corrected chi connectivity index (χ0v) is 20.3. The molecule has 0 unspecified atom stereocenters. The monoisotopic (exact) mass is 482 g/mol. The third-order valence-corrected chi connectivity index (χ3v) is 7.60. The number of methoxy groups -OCH3 is 1. The Morgan fingerprint density at radius 2 is 2.24 bits per heavy atom. The highest BCUT2D eigenvalue weighted by Gasteiger charge is 2.66. The van der Waals surface area contributed by atoms with Crippen molar-refractivity contribution in [1.82, 2.24) is 4.98 Å². The average molecular weight is 483 g/mol. The number of thioether (sulfide) groups is 1. The Morgan fingerprint density at radius 1 is 1.47 bits per heavy atom. The number of terminal acetylenes is 1. The lowest BCUT2D eigenvalue weighted by atomic mass is 9.85. The van der Waals surface area contributed by atoms with Crippen molar-refractivity contribution in [2.24, 2.45) is 16.6 Å². The average Bonchev–Trinajstić information content (AvgIpc) is 3.49. The minimum absolute atomic E-state index is 0.0690. The van der Waals surface area contributed by atoms with Crippen molar-refractivity contribution in [3.8, 4) is 18.1 Å². The minimum atomic E-state index is -0.862. The summed E-state index contributed by atoms with van der Waals surface area (Å²) >= 11 is 1.49. The number of anilines is 1. The maximum atomic E-state index is 15.0. The summed E-state index contributed by atoms with van der Waals surface area (Å²) < 4.78 is 25.8. The number of hydrogen-bond donors (Lipinski definition) is 2. The maximum Gasteiger partial charge on any atom is 0.274 e. The van der Waals surface area contributed by atoms with E-state index in [0.29, 0.717) is 34.3 Å². The predicted octanol–water partition coefficient (Wildman–Crippen LogP) is 3.86. The van der Waals surface area contributed by atoms with Crippen molar-refractivity contribution in [1.29, 1.82) is 0 Å². The largest absolute Gasteiger partial charge is 0.476 e. The summed E-state index contributed by atoms with van der Waals surface area (Å²) in [5.41, 5.74) is 6.94. The van der Waals surface area contributed by atoms with Crippen molar-refractivity contribution < 1.29 is 18.7 Å². The fourth-order valence-electron chi connectivity index (χ4n) is 4.60. The molecule has 1 fully saturated rings. The van der Waals surface area contributed by atoms with Gasteiger partial charge in [-0.1, -0.05) is 17.7 Å². The quantitative estimate of drug-likeness (QED) is 0.582. The van der Waals surface area contributed by atoms with Gasteiger partial charge in [-0.05, 0) is 57.0 Å². The zero-order valence-electron chi connectivity index (χ0n) is 19.5. The van der Waals surface area contributed by atoms with Crippen LogP contribution in [0.15, 0.2) is 35.5 Å². The number of aryl methyl sites for hydroxylation is 1. The number of amides is 1. The van der Waals surface area contributed by atoms with Gasteiger partial charge in [0.25, 0.3) is 5.91 Å². The maximum absolute atomic E-state index is 15.0. The molecule has 4 rings (SSSR count).